The normalized spacial score (nSPS) is 31.9. The van der Waals surface area contributed by atoms with Crippen molar-refractivity contribution in [2.24, 2.45) is 17.6 Å². The zero-order valence-electron chi connectivity index (χ0n) is 11.5. The van der Waals surface area contributed by atoms with E-state index in [0.29, 0.717) is 30.9 Å². The lowest BCUT2D eigenvalue weighted by molar-refractivity contribution is -0.123. The van der Waals surface area contributed by atoms with Crippen LogP contribution in [0.1, 0.15) is 46.0 Å². The topological polar surface area (TPSA) is 64.4 Å². The van der Waals surface area contributed by atoms with E-state index in [2.05, 4.69) is 19.2 Å². The molecule has 0 aromatic rings. The van der Waals surface area contributed by atoms with Gasteiger partial charge in [-0.05, 0) is 44.1 Å². The zero-order chi connectivity index (χ0) is 13.1. The van der Waals surface area contributed by atoms with Gasteiger partial charge in [0.15, 0.2) is 0 Å². The summed E-state index contributed by atoms with van der Waals surface area (Å²) in [6.07, 6.45) is 5.49. The molecule has 0 aliphatic carbocycles. The van der Waals surface area contributed by atoms with E-state index in [1.54, 1.807) is 0 Å². The number of fused-ring (bicyclic) bond motifs is 2. The van der Waals surface area contributed by atoms with Crippen molar-refractivity contribution in [1.29, 1.82) is 0 Å². The summed E-state index contributed by atoms with van der Waals surface area (Å²) in [4.78, 5) is 12.0. The van der Waals surface area contributed by atoms with Crippen LogP contribution in [0.5, 0.6) is 0 Å². The standard InChI is InChI=1S/C14H26N2O2/c1-9(2)5-10(8-15)6-14(17)16-12-7-11-3-4-13(12)18-11/h9-13H,3-8,15H2,1-2H3,(H,16,17)/t10-,11?,12?,13?/m0/s1. The van der Waals surface area contributed by atoms with E-state index in [-0.39, 0.29) is 18.1 Å². The van der Waals surface area contributed by atoms with Crippen molar-refractivity contribution in [2.75, 3.05) is 6.54 Å². The molecule has 2 heterocycles. The molecule has 0 aromatic carbocycles. The second-order valence-corrected chi connectivity index (χ2v) is 6.22. The highest BCUT2D eigenvalue weighted by molar-refractivity contribution is 5.76. The Hall–Kier alpha value is -0.610. The number of carbonyl (C=O) groups excluding carboxylic acids is 1. The van der Waals surface area contributed by atoms with E-state index in [4.69, 9.17) is 10.5 Å². The molecule has 2 rings (SSSR count). The summed E-state index contributed by atoms with van der Waals surface area (Å²) < 4.78 is 5.74. The summed E-state index contributed by atoms with van der Waals surface area (Å²) >= 11 is 0. The SMILES string of the molecule is CC(C)C[C@H](CN)CC(=O)NC1CC2CCC1O2. The third-order valence-electron chi connectivity index (χ3n) is 4.06. The monoisotopic (exact) mass is 254 g/mol. The van der Waals surface area contributed by atoms with Crippen LogP contribution in [0.15, 0.2) is 0 Å². The van der Waals surface area contributed by atoms with Crippen LogP contribution in [-0.2, 0) is 9.53 Å². The minimum atomic E-state index is 0.146. The number of nitrogens with one attached hydrogen (secondary N) is 1. The first kappa shape index (κ1) is 13.8. The maximum Gasteiger partial charge on any atom is 0.220 e. The first-order valence-electron chi connectivity index (χ1n) is 7.23. The van der Waals surface area contributed by atoms with Crippen LogP contribution >= 0.6 is 0 Å². The number of nitrogens with two attached hydrogens (primary N) is 1. The van der Waals surface area contributed by atoms with Gasteiger partial charge in [-0.2, -0.15) is 0 Å². The highest BCUT2D eigenvalue weighted by Crippen LogP contribution is 2.34. The molecule has 4 atom stereocenters. The maximum absolute atomic E-state index is 12.0. The van der Waals surface area contributed by atoms with Gasteiger partial charge in [0.25, 0.3) is 0 Å². The molecular weight excluding hydrogens is 228 g/mol. The average Bonchev–Trinajstić information content (AvgIpc) is 2.89. The smallest absolute Gasteiger partial charge is 0.220 e. The Kier molecular flexibility index (Phi) is 4.62. The van der Waals surface area contributed by atoms with Crippen molar-refractivity contribution in [3.8, 4) is 0 Å². The minimum Gasteiger partial charge on any atom is -0.373 e. The van der Waals surface area contributed by atoms with Gasteiger partial charge in [0, 0.05) is 6.42 Å². The first-order chi connectivity index (χ1) is 8.58. The van der Waals surface area contributed by atoms with Crippen LogP contribution in [0, 0.1) is 11.8 Å². The van der Waals surface area contributed by atoms with Crippen LogP contribution < -0.4 is 11.1 Å². The van der Waals surface area contributed by atoms with Gasteiger partial charge in [0.2, 0.25) is 5.91 Å². The number of ether oxygens (including phenoxy) is 1. The van der Waals surface area contributed by atoms with Crippen LogP contribution in [0.25, 0.3) is 0 Å². The van der Waals surface area contributed by atoms with Gasteiger partial charge in [-0.3, -0.25) is 4.79 Å². The molecule has 18 heavy (non-hydrogen) atoms. The predicted octanol–water partition coefficient (Wildman–Crippen LogP) is 1.43. The molecule has 104 valence electrons. The molecule has 0 spiro atoms. The summed E-state index contributed by atoms with van der Waals surface area (Å²) in [7, 11) is 0. The molecule has 2 fully saturated rings. The Labute approximate surface area is 110 Å². The van der Waals surface area contributed by atoms with Crippen molar-refractivity contribution in [1.82, 2.24) is 5.32 Å². The molecule has 3 unspecified atom stereocenters. The fourth-order valence-corrected chi connectivity index (χ4v) is 3.25. The fourth-order valence-electron chi connectivity index (χ4n) is 3.25. The highest BCUT2D eigenvalue weighted by Gasteiger charge is 2.41. The van der Waals surface area contributed by atoms with Gasteiger partial charge in [-0.1, -0.05) is 13.8 Å². The van der Waals surface area contributed by atoms with Crippen molar-refractivity contribution in [3.63, 3.8) is 0 Å². The van der Waals surface area contributed by atoms with Gasteiger partial charge < -0.3 is 15.8 Å². The average molecular weight is 254 g/mol. The zero-order valence-corrected chi connectivity index (χ0v) is 11.5. The molecule has 2 saturated heterocycles. The van der Waals surface area contributed by atoms with Gasteiger partial charge in [-0.25, -0.2) is 0 Å². The van der Waals surface area contributed by atoms with E-state index >= 15 is 0 Å². The van der Waals surface area contributed by atoms with Gasteiger partial charge in [-0.15, -0.1) is 0 Å². The summed E-state index contributed by atoms with van der Waals surface area (Å²) in [5.41, 5.74) is 5.73. The van der Waals surface area contributed by atoms with E-state index in [0.717, 1.165) is 25.7 Å². The lowest BCUT2D eigenvalue weighted by Gasteiger charge is -2.22. The number of amides is 1. The molecule has 0 saturated carbocycles. The predicted molar refractivity (Wildman–Crippen MR) is 71.1 cm³/mol. The Morgan fingerprint density at radius 1 is 1.44 bits per heavy atom. The minimum absolute atomic E-state index is 0.146. The molecule has 2 aliphatic heterocycles. The fraction of sp³-hybridized carbons (Fsp3) is 0.929. The largest absolute Gasteiger partial charge is 0.373 e. The second kappa shape index (κ2) is 6.02. The van der Waals surface area contributed by atoms with Crippen molar-refractivity contribution < 1.29 is 9.53 Å². The van der Waals surface area contributed by atoms with Crippen LogP contribution in [0.2, 0.25) is 0 Å². The Balaban J connectivity index is 1.74. The van der Waals surface area contributed by atoms with Gasteiger partial charge >= 0.3 is 0 Å². The van der Waals surface area contributed by atoms with Crippen LogP contribution in [-0.4, -0.2) is 30.7 Å². The molecule has 0 radical (unpaired) electrons. The molecule has 2 bridgehead atoms. The summed E-state index contributed by atoms with van der Waals surface area (Å²) in [6.45, 7) is 4.94. The molecule has 0 aromatic heterocycles. The van der Waals surface area contributed by atoms with E-state index in [1.807, 2.05) is 0 Å². The third kappa shape index (κ3) is 3.45. The molecule has 1 amide bonds. The number of hydrogen-bond acceptors (Lipinski definition) is 3. The second-order valence-electron chi connectivity index (χ2n) is 6.22. The third-order valence-corrected chi connectivity index (χ3v) is 4.06. The van der Waals surface area contributed by atoms with Crippen molar-refractivity contribution in [2.45, 2.75) is 64.2 Å². The Morgan fingerprint density at radius 2 is 2.22 bits per heavy atom. The number of carbonyl (C=O) groups is 1. The van der Waals surface area contributed by atoms with Crippen LogP contribution in [0.4, 0.5) is 0 Å². The molecule has 4 nitrogen and oxygen atoms in total. The van der Waals surface area contributed by atoms with E-state index in [1.165, 1.54) is 0 Å². The van der Waals surface area contributed by atoms with Gasteiger partial charge in [0.05, 0.1) is 18.2 Å². The quantitative estimate of drug-likeness (QED) is 0.753. The lowest BCUT2D eigenvalue weighted by atomic mass is 9.92. The van der Waals surface area contributed by atoms with Crippen LogP contribution in [0.3, 0.4) is 0 Å². The lowest BCUT2D eigenvalue weighted by Crippen LogP contribution is -2.42. The van der Waals surface area contributed by atoms with E-state index in [9.17, 15) is 4.79 Å². The maximum atomic E-state index is 12.0. The Morgan fingerprint density at radius 3 is 2.72 bits per heavy atom. The highest BCUT2D eigenvalue weighted by atomic mass is 16.5. The molecular formula is C14H26N2O2. The first-order valence-corrected chi connectivity index (χ1v) is 7.23. The number of rotatable bonds is 6. The molecule has 4 heteroatoms. The summed E-state index contributed by atoms with van der Waals surface area (Å²) in [6, 6.07) is 0.244. The summed E-state index contributed by atoms with van der Waals surface area (Å²) in [5.74, 6) is 1.05. The van der Waals surface area contributed by atoms with E-state index < -0.39 is 0 Å². The molecule has 2 aliphatic rings. The van der Waals surface area contributed by atoms with Gasteiger partial charge in [0.1, 0.15) is 0 Å². The Bertz CT molecular complexity index is 294. The van der Waals surface area contributed by atoms with Crippen molar-refractivity contribution >= 4 is 5.91 Å². The molecule has 3 N–H and O–H groups in total. The number of hydrogen-bond donors (Lipinski definition) is 2. The summed E-state index contributed by atoms with van der Waals surface area (Å²) in [5, 5.41) is 3.13. The van der Waals surface area contributed by atoms with Crippen molar-refractivity contribution in [3.05, 3.63) is 0 Å².